The Kier molecular flexibility index (Phi) is 6.47. The van der Waals surface area contributed by atoms with Gasteiger partial charge in [-0.3, -0.25) is 4.79 Å². The van der Waals surface area contributed by atoms with Crippen molar-refractivity contribution in [3.05, 3.63) is 62.1 Å². The molecule has 1 N–H and O–H groups in total. The maximum Gasteiger partial charge on any atom is 0.339 e. The summed E-state index contributed by atoms with van der Waals surface area (Å²) in [5, 5.41) is 2.66. The maximum atomic E-state index is 12.6. The normalized spacial score (nSPS) is 10.2. The van der Waals surface area contributed by atoms with Gasteiger partial charge in [0.1, 0.15) is 0 Å². The molecule has 6 nitrogen and oxygen atoms in total. The van der Waals surface area contributed by atoms with Crippen molar-refractivity contribution in [3.63, 3.8) is 0 Å². The highest BCUT2D eigenvalue weighted by atomic mass is 35.5. The number of rotatable bonds is 4. The average Bonchev–Trinajstić information content (AvgIpc) is 2.63. The minimum atomic E-state index is -0.713. The summed E-state index contributed by atoms with van der Waals surface area (Å²) in [6.07, 6.45) is 0. The van der Waals surface area contributed by atoms with Gasteiger partial charge in [0.2, 0.25) is 0 Å². The summed E-state index contributed by atoms with van der Waals surface area (Å²) in [5.41, 5.74) is 0.110. The SMILES string of the molecule is COC(=O)c1ccc(C(=O)OC)c(NC(=O)c2c(Cl)ccc(Cl)c2Cl)c1. The highest BCUT2D eigenvalue weighted by Crippen LogP contribution is 2.32. The van der Waals surface area contributed by atoms with E-state index >= 15 is 0 Å². The average molecular weight is 417 g/mol. The summed E-state index contributed by atoms with van der Waals surface area (Å²) in [5.74, 6) is -2.06. The molecule has 0 bridgehead atoms. The van der Waals surface area contributed by atoms with E-state index in [1.807, 2.05) is 0 Å². The lowest BCUT2D eigenvalue weighted by atomic mass is 10.1. The van der Waals surface area contributed by atoms with Crippen molar-refractivity contribution in [1.29, 1.82) is 0 Å². The quantitative estimate of drug-likeness (QED) is 0.587. The van der Waals surface area contributed by atoms with Crippen LogP contribution in [0.2, 0.25) is 15.1 Å². The Labute approximate surface area is 163 Å². The number of hydrogen-bond acceptors (Lipinski definition) is 5. The van der Waals surface area contributed by atoms with Crippen LogP contribution in [0.5, 0.6) is 0 Å². The second-order valence-electron chi connectivity index (χ2n) is 4.92. The van der Waals surface area contributed by atoms with Gasteiger partial charge in [-0.1, -0.05) is 34.8 Å². The first-order valence-electron chi connectivity index (χ1n) is 7.05. The van der Waals surface area contributed by atoms with Gasteiger partial charge in [0.15, 0.2) is 0 Å². The Bertz CT molecular complexity index is 898. The molecule has 0 aliphatic carbocycles. The minimum absolute atomic E-state index is 0.0249. The molecule has 1 amide bonds. The second kappa shape index (κ2) is 8.40. The summed E-state index contributed by atoms with van der Waals surface area (Å²) in [4.78, 5) is 36.3. The fourth-order valence-corrected chi connectivity index (χ4v) is 2.80. The predicted molar refractivity (Wildman–Crippen MR) is 98.5 cm³/mol. The minimum Gasteiger partial charge on any atom is -0.465 e. The van der Waals surface area contributed by atoms with Crippen LogP contribution in [-0.4, -0.2) is 32.1 Å². The third-order valence-corrected chi connectivity index (χ3v) is 4.48. The lowest BCUT2D eigenvalue weighted by Crippen LogP contribution is -2.17. The first kappa shape index (κ1) is 20.0. The fourth-order valence-electron chi connectivity index (χ4n) is 2.10. The van der Waals surface area contributed by atoms with E-state index in [0.717, 1.165) is 0 Å². The van der Waals surface area contributed by atoms with Crippen molar-refractivity contribution in [2.45, 2.75) is 0 Å². The zero-order valence-corrected chi connectivity index (χ0v) is 15.8. The van der Waals surface area contributed by atoms with Crippen molar-refractivity contribution >= 4 is 58.3 Å². The van der Waals surface area contributed by atoms with Crippen LogP contribution in [-0.2, 0) is 9.47 Å². The van der Waals surface area contributed by atoms with Crippen LogP contribution in [0.25, 0.3) is 0 Å². The molecule has 0 radical (unpaired) electrons. The number of hydrogen-bond donors (Lipinski definition) is 1. The molecule has 0 saturated carbocycles. The zero-order valence-electron chi connectivity index (χ0n) is 13.6. The highest BCUT2D eigenvalue weighted by Gasteiger charge is 2.21. The highest BCUT2D eigenvalue weighted by molar-refractivity contribution is 6.46. The lowest BCUT2D eigenvalue weighted by Gasteiger charge is -2.13. The lowest BCUT2D eigenvalue weighted by molar-refractivity contribution is 0.0587. The summed E-state index contributed by atoms with van der Waals surface area (Å²) in [7, 11) is 2.40. The number of ether oxygens (including phenoxy) is 2. The van der Waals surface area contributed by atoms with Crippen LogP contribution in [0.1, 0.15) is 31.1 Å². The Morgan fingerprint density at radius 2 is 1.50 bits per heavy atom. The third-order valence-electron chi connectivity index (χ3n) is 3.37. The van der Waals surface area contributed by atoms with E-state index in [2.05, 4.69) is 14.8 Å². The van der Waals surface area contributed by atoms with E-state index in [1.165, 1.54) is 44.6 Å². The molecule has 0 aromatic heterocycles. The summed E-state index contributed by atoms with van der Waals surface area (Å²) in [6, 6.07) is 6.84. The molecule has 2 aromatic carbocycles. The van der Waals surface area contributed by atoms with Gasteiger partial charge < -0.3 is 14.8 Å². The molecule has 2 rings (SSSR count). The number of nitrogens with one attached hydrogen (secondary N) is 1. The van der Waals surface area contributed by atoms with Crippen molar-refractivity contribution in [2.75, 3.05) is 19.5 Å². The monoisotopic (exact) mass is 415 g/mol. The second-order valence-corrected chi connectivity index (χ2v) is 6.11. The molecular weight excluding hydrogens is 405 g/mol. The molecule has 9 heteroatoms. The molecule has 0 fully saturated rings. The Morgan fingerprint density at radius 3 is 2.12 bits per heavy atom. The summed E-state index contributed by atoms with van der Waals surface area (Å²) >= 11 is 18.0. The van der Waals surface area contributed by atoms with E-state index < -0.39 is 17.8 Å². The Hall–Kier alpha value is -2.28. The van der Waals surface area contributed by atoms with E-state index in [1.54, 1.807) is 0 Å². The van der Waals surface area contributed by atoms with Gasteiger partial charge >= 0.3 is 11.9 Å². The van der Waals surface area contributed by atoms with Gasteiger partial charge in [0, 0.05) is 0 Å². The molecule has 0 saturated heterocycles. The molecule has 0 aliphatic heterocycles. The number of methoxy groups -OCH3 is 2. The first-order valence-corrected chi connectivity index (χ1v) is 8.19. The van der Waals surface area contributed by atoms with Crippen molar-refractivity contribution in [2.24, 2.45) is 0 Å². The molecule has 0 spiro atoms. The molecule has 0 atom stereocenters. The third kappa shape index (κ3) is 4.09. The van der Waals surface area contributed by atoms with E-state index in [4.69, 9.17) is 34.8 Å². The van der Waals surface area contributed by atoms with Crippen LogP contribution in [0.3, 0.4) is 0 Å². The van der Waals surface area contributed by atoms with Crippen LogP contribution in [0.4, 0.5) is 5.69 Å². The number of carbonyl (C=O) groups excluding carboxylic acids is 3. The number of amides is 1. The van der Waals surface area contributed by atoms with Gasteiger partial charge in [-0.05, 0) is 30.3 Å². The van der Waals surface area contributed by atoms with E-state index in [0.29, 0.717) is 0 Å². The van der Waals surface area contributed by atoms with Crippen molar-refractivity contribution < 1.29 is 23.9 Å². The number of benzene rings is 2. The standard InChI is InChI=1S/C17H12Cl3NO5/c1-25-16(23)8-3-4-9(17(24)26-2)12(7-8)21-15(22)13-10(18)5-6-11(19)14(13)20/h3-7H,1-2H3,(H,21,22). The van der Waals surface area contributed by atoms with Gasteiger partial charge in [-0.15, -0.1) is 0 Å². The molecule has 0 heterocycles. The number of esters is 2. The first-order chi connectivity index (χ1) is 12.3. The van der Waals surface area contributed by atoms with Gasteiger partial charge in [0.05, 0.1) is 51.7 Å². The van der Waals surface area contributed by atoms with Gasteiger partial charge in [0.25, 0.3) is 5.91 Å². The smallest absolute Gasteiger partial charge is 0.339 e. The van der Waals surface area contributed by atoms with Crippen molar-refractivity contribution in [3.8, 4) is 0 Å². The number of halogens is 3. The Balaban J connectivity index is 2.50. The summed E-state index contributed by atoms with van der Waals surface area (Å²) < 4.78 is 9.31. The molecular formula is C17H12Cl3NO5. The van der Waals surface area contributed by atoms with Crippen LogP contribution < -0.4 is 5.32 Å². The predicted octanol–water partition coefficient (Wildman–Crippen LogP) is 4.47. The molecule has 0 aliphatic rings. The number of carbonyl (C=O) groups is 3. The molecule has 136 valence electrons. The zero-order chi connectivity index (χ0) is 19.4. The van der Waals surface area contributed by atoms with Crippen LogP contribution >= 0.6 is 34.8 Å². The largest absolute Gasteiger partial charge is 0.465 e. The molecule has 26 heavy (non-hydrogen) atoms. The topological polar surface area (TPSA) is 81.7 Å². The maximum absolute atomic E-state index is 12.6. The van der Waals surface area contributed by atoms with Crippen LogP contribution in [0, 0.1) is 0 Å². The Morgan fingerprint density at radius 1 is 0.885 bits per heavy atom. The van der Waals surface area contributed by atoms with E-state index in [-0.39, 0.29) is 37.4 Å². The molecule has 2 aromatic rings. The van der Waals surface area contributed by atoms with E-state index in [9.17, 15) is 14.4 Å². The van der Waals surface area contributed by atoms with Crippen LogP contribution in [0.15, 0.2) is 30.3 Å². The van der Waals surface area contributed by atoms with Crippen molar-refractivity contribution in [1.82, 2.24) is 0 Å². The summed E-state index contributed by atoms with van der Waals surface area (Å²) in [6.45, 7) is 0. The fraction of sp³-hybridized carbons (Fsp3) is 0.118. The van der Waals surface area contributed by atoms with Gasteiger partial charge in [-0.2, -0.15) is 0 Å². The number of anilines is 1. The molecule has 0 unspecified atom stereocenters. The van der Waals surface area contributed by atoms with Gasteiger partial charge in [-0.25, -0.2) is 9.59 Å².